The zero-order valence-electron chi connectivity index (χ0n) is 16.1. The van der Waals surface area contributed by atoms with E-state index in [1.165, 1.54) is 12.3 Å². The Kier molecular flexibility index (Phi) is 4.92. The van der Waals surface area contributed by atoms with E-state index in [1.54, 1.807) is 23.1 Å². The molecule has 1 aliphatic heterocycles. The lowest BCUT2D eigenvalue weighted by molar-refractivity contribution is -0.136. The molecule has 0 saturated carbocycles. The third-order valence-electron chi connectivity index (χ3n) is 5.34. The summed E-state index contributed by atoms with van der Waals surface area (Å²) < 4.78 is 5.88. The number of nitrogens with zero attached hydrogens (tertiary/aromatic N) is 1. The molecule has 1 aromatic heterocycles. The summed E-state index contributed by atoms with van der Waals surface area (Å²) in [5.74, 6) is -0.812. The van der Waals surface area contributed by atoms with Gasteiger partial charge in [-0.1, -0.05) is 39.7 Å². The van der Waals surface area contributed by atoms with Crippen molar-refractivity contribution in [3.63, 3.8) is 0 Å². The second-order valence-electron chi connectivity index (χ2n) is 7.42. The number of benzene rings is 2. The van der Waals surface area contributed by atoms with Crippen LogP contribution in [0.1, 0.15) is 39.2 Å². The molecule has 0 radical (unpaired) electrons. The van der Waals surface area contributed by atoms with Crippen LogP contribution in [0.3, 0.4) is 0 Å². The average molecular weight is 454 g/mol. The Morgan fingerprint density at radius 3 is 2.69 bits per heavy atom. The van der Waals surface area contributed by atoms with Gasteiger partial charge in [-0.15, -0.1) is 0 Å². The number of ketones is 1. The summed E-state index contributed by atoms with van der Waals surface area (Å²) in [6, 6.07) is 14.5. The largest absolute Gasteiger partial charge is 0.461 e. The first-order valence-electron chi connectivity index (χ1n) is 9.27. The van der Waals surface area contributed by atoms with E-state index in [1.807, 2.05) is 38.1 Å². The molecule has 0 unspecified atom stereocenters. The van der Waals surface area contributed by atoms with Gasteiger partial charge in [-0.3, -0.25) is 9.59 Å². The van der Waals surface area contributed by atoms with Crippen LogP contribution in [-0.2, 0) is 16.9 Å². The lowest BCUT2D eigenvalue weighted by atomic mass is 9.89. The van der Waals surface area contributed by atoms with E-state index >= 15 is 0 Å². The van der Waals surface area contributed by atoms with Crippen LogP contribution in [0.15, 0.2) is 63.7 Å². The maximum Gasteiger partial charge on any atom is 0.264 e. The third kappa shape index (κ3) is 3.43. The molecule has 3 aromatic rings. The van der Waals surface area contributed by atoms with Gasteiger partial charge in [0, 0.05) is 10.0 Å². The molecule has 0 aliphatic carbocycles. The van der Waals surface area contributed by atoms with E-state index in [4.69, 9.17) is 4.42 Å². The van der Waals surface area contributed by atoms with Gasteiger partial charge in [0.05, 0.1) is 24.9 Å². The molecule has 0 saturated heterocycles. The highest BCUT2D eigenvalue weighted by Crippen LogP contribution is 2.45. The van der Waals surface area contributed by atoms with Gasteiger partial charge >= 0.3 is 0 Å². The number of hydrogen-bond acceptors (Lipinski definition) is 4. The highest BCUT2D eigenvalue weighted by atomic mass is 79.9. The molecule has 1 N–H and O–H groups in total. The van der Waals surface area contributed by atoms with Crippen LogP contribution >= 0.6 is 15.9 Å². The highest BCUT2D eigenvalue weighted by Gasteiger charge is 2.51. The molecular weight excluding hydrogens is 434 g/mol. The molecule has 2 aromatic carbocycles. The number of hydrogen-bond donors (Lipinski definition) is 1. The Labute approximate surface area is 177 Å². The zero-order chi connectivity index (χ0) is 20.8. The van der Waals surface area contributed by atoms with Crippen molar-refractivity contribution in [3.05, 3.63) is 87.3 Å². The van der Waals surface area contributed by atoms with Crippen LogP contribution in [0.4, 0.5) is 5.69 Å². The monoisotopic (exact) mass is 453 g/mol. The molecule has 6 heteroatoms. The molecule has 1 aliphatic rings. The number of carbonyl (C=O) groups is 2. The Morgan fingerprint density at radius 2 is 1.97 bits per heavy atom. The molecule has 2 heterocycles. The van der Waals surface area contributed by atoms with Gasteiger partial charge in [0.2, 0.25) is 5.78 Å². The van der Waals surface area contributed by atoms with Crippen LogP contribution in [0, 0.1) is 13.8 Å². The van der Waals surface area contributed by atoms with Crippen molar-refractivity contribution >= 4 is 33.3 Å². The van der Waals surface area contributed by atoms with Gasteiger partial charge in [-0.25, -0.2) is 0 Å². The van der Waals surface area contributed by atoms with Crippen LogP contribution < -0.4 is 4.90 Å². The van der Waals surface area contributed by atoms with Gasteiger partial charge in [0.25, 0.3) is 5.91 Å². The molecule has 0 fully saturated rings. The van der Waals surface area contributed by atoms with Crippen molar-refractivity contribution in [3.8, 4) is 0 Å². The number of carbonyl (C=O) groups excluding carboxylic acids is 2. The number of amides is 1. The average Bonchev–Trinajstić information content (AvgIpc) is 3.28. The number of Topliss-reactive ketones (excluding diaryl/α,β-unsaturated/α-hetero) is 1. The summed E-state index contributed by atoms with van der Waals surface area (Å²) in [5, 5.41) is 11.4. The molecule has 1 amide bonds. The summed E-state index contributed by atoms with van der Waals surface area (Å²) in [6.45, 7) is 4.31. The van der Waals surface area contributed by atoms with Crippen molar-refractivity contribution < 1.29 is 19.1 Å². The maximum absolute atomic E-state index is 13.4. The molecule has 4 rings (SSSR count). The summed E-state index contributed by atoms with van der Waals surface area (Å²) in [7, 11) is 0. The molecule has 29 heavy (non-hydrogen) atoms. The summed E-state index contributed by atoms with van der Waals surface area (Å²) in [6.07, 6.45) is 1.01. The summed E-state index contributed by atoms with van der Waals surface area (Å²) in [4.78, 5) is 27.6. The second-order valence-corrected chi connectivity index (χ2v) is 8.34. The maximum atomic E-state index is 13.4. The van der Waals surface area contributed by atoms with Gasteiger partial charge in [0.15, 0.2) is 11.4 Å². The molecule has 0 spiro atoms. The van der Waals surface area contributed by atoms with Crippen molar-refractivity contribution in [2.75, 3.05) is 4.90 Å². The predicted molar refractivity (Wildman–Crippen MR) is 113 cm³/mol. The van der Waals surface area contributed by atoms with Crippen LogP contribution in [0.25, 0.3) is 0 Å². The fraction of sp³-hybridized carbons (Fsp3) is 0.217. The lowest BCUT2D eigenvalue weighted by Crippen LogP contribution is -2.41. The van der Waals surface area contributed by atoms with Crippen LogP contribution in [0.5, 0.6) is 0 Å². The van der Waals surface area contributed by atoms with Crippen molar-refractivity contribution in [1.82, 2.24) is 0 Å². The highest BCUT2D eigenvalue weighted by molar-refractivity contribution is 9.10. The minimum absolute atomic E-state index is 0.121. The smallest absolute Gasteiger partial charge is 0.264 e. The van der Waals surface area contributed by atoms with Gasteiger partial charge < -0.3 is 14.4 Å². The zero-order valence-corrected chi connectivity index (χ0v) is 17.7. The number of furan rings is 1. The Balaban J connectivity index is 1.75. The van der Waals surface area contributed by atoms with E-state index < -0.39 is 17.3 Å². The van der Waals surface area contributed by atoms with E-state index in [0.29, 0.717) is 17.8 Å². The number of fused-ring (bicyclic) bond motifs is 1. The first-order chi connectivity index (χ1) is 13.8. The van der Waals surface area contributed by atoms with Gasteiger partial charge in [-0.2, -0.15) is 0 Å². The standard InChI is InChI=1S/C23H20BrNO4/c1-14-5-6-15(2)16(10-14)13-25-19-8-7-17(24)11-18(19)23(28,22(25)27)12-20(26)21-4-3-9-29-21/h3-11,28H,12-13H2,1-2H3/t23-/m0/s1. The molecule has 0 bridgehead atoms. The molecular formula is C23H20BrNO4. The fourth-order valence-electron chi connectivity index (χ4n) is 3.75. The SMILES string of the molecule is Cc1ccc(C)c(CN2C(=O)[C@](O)(CC(=O)c3ccco3)c3cc(Br)ccc32)c1. The molecule has 5 nitrogen and oxygen atoms in total. The Bertz CT molecular complexity index is 1110. The minimum Gasteiger partial charge on any atom is -0.461 e. The topological polar surface area (TPSA) is 70.8 Å². The second kappa shape index (κ2) is 7.28. The molecule has 1 atom stereocenters. The number of aliphatic hydroxyl groups is 1. The first-order valence-corrected chi connectivity index (χ1v) is 10.1. The first kappa shape index (κ1) is 19.6. The molecule has 148 valence electrons. The van der Waals surface area contributed by atoms with E-state index in [0.717, 1.165) is 21.2 Å². The van der Waals surface area contributed by atoms with E-state index in [9.17, 15) is 14.7 Å². The quantitative estimate of drug-likeness (QED) is 0.569. The number of rotatable bonds is 5. The van der Waals surface area contributed by atoms with E-state index in [2.05, 4.69) is 15.9 Å². The van der Waals surface area contributed by atoms with Crippen molar-refractivity contribution in [1.29, 1.82) is 0 Å². The summed E-state index contributed by atoms with van der Waals surface area (Å²) in [5.41, 5.74) is 2.23. The van der Waals surface area contributed by atoms with Gasteiger partial charge in [-0.05, 0) is 55.3 Å². The van der Waals surface area contributed by atoms with Crippen molar-refractivity contribution in [2.45, 2.75) is 32.4 Å². The van der Waals surface area contributed by atoms with E-state index in [-0.39, 0.29) is 12.2 Å². The summed E-state index contributed by atoms with van der Waals surface area (Å²) >= 11 is 3.40. The predicted octanol–water partition coefficient (Wildman–Crippen LogP) is 4.67. The normalized spacial score (nSPS) is 18.2. The minimum atomic E-state index is -1.94. The number of halogens is 1. The number of aryl methyl sites for hydroxylation is 2. The third-order valence-corrected chi connectivity index (χ3v) is 5.83. The van der Waals surface area contributed by atoms with Crippen LogP contribution in [-0.4, -0.2) is 16.8 Å². The fourth-order valence-corrected chi connectivity index (χ4v) is 4.11. The number of anilines is 1. The lowest BCUT2D eigenvalue weighted by Gasteiger charge is -2.23. The van der Waals surface area contributed by atoms with Gasteiger partial charge in [0.1, 0.15) is 0 Å². The van der Waals surface area contributed by atoms with Crippen molar-refractivity contribution in [2.24, 2.45) is 0 Å². The van der Waals surface area contributed by atoms with Crippen LogP contribution in [0.2, 0.25) is 0 Å². The Hall–Kier alpha value is -2.70. The Morgan fingerprint density at radius 1 is 1.17 bits per heavy atom.